The molecular weight excluding hydrogens is 272 g/mol. The van der Waals surface area contributed by atoms with Gasteiger partial charge in [-0.05, 0) is 17.5 Å². The number of carboxylic acid groups (broad SMARTS) is 1. The zero-order chi connectivity index (χ0) is 15.8. The number of rotatable bonds is 7. The molecule has 1 rings (SSSR count). The third kappa shape index (κ3) is 6.07. The highest BCUT2D eigenvalue weighted by molar-refractivity contribution is 5.92. The van der Waals surface area contributed by atoms with E-state index in [4.69, 9.17) is 5.11 Å². The summed E-state index contributed by atoms with van der Waals surface area (Å²) < 4.78 is 0. The Balaban J connectivity index is 2.48. The lowest BCUT2D eigenvalue weighted by Crippen LogP contribution is -2.38. The summed E-state index contributed by atoms with van der Waals surface area (Å²) in [5.41, 5.74) is 0.516. The molecule has 0 radical (unpaired) electrons. The van der Waals surface area contributed by atoms with E-state index in [9.17, 15) is 14.4 Å². The van der Waals surface area contributed by atoms with Gasteiger partial charge in [0.25, 0.3) is 0 Å². The Morgan fingerprint density at radius 1 is 1.10 bits per heavy atom. The summed E-state index contributed by atoms with van der Waals surface area (Å²) in [6, 6.07) is 6.30. The van der Waals surface area contributed by atoms with Gasteiger partial charge in [0.1, 0.15) is 0 Å². The molecule has 6 heteroatoms. The fraction of sp³-hybridized carbons (Fsp3) is 0.400. The maximum Gasteiger partial charge on any atom is 0.335 e. The molecule has 6 nitrogen and oxygen atoms in total. The zero-order valence-corrected chi connectivity index (χ0v) is 12.2. The van der Waals surface area contributed by atoms with Crippen LogP contribution < -0.4 is 10.6 Å². The first-order valence-corrected chi connectivity index (χ1v) is 6.74. The van der Waals surface area contributed by atoms with Crippen LogP contribution >= 0.6 is 0 Å². The van der Waals surface area contributed by atoms with E-state index < -0.39 is 5.97 Å². The number of amides is 2. The van der Waals surface area contributed by atoms with Crippen LogP contribution in [0.5, 0.6) is 0 Å². The van der Waals surface area contributed by atoms with Gasteiger partial charge in [-0.2, -0.15) is 0 Å². The first-order valence-electron chi connectivity index (χ1n) is 6.74. The molecule has 0 atom stereocenters. The standard InChI is InChI=1S/C15H20N2O4/c1-10(2)8-16-14(19)9-17-13(18)7-11-5-3-4-6-12(11)15(20)21/h3-6,10H,7-9H2,1-2H3,(H,16,19)(H,17,18)(H,20,21). The molecule has 1 aromatic carbocycles. The van der Waals surface area contributed by atoms with E-state index in [1.165, 1.54) is 6.07 Å². The first-order chi connectivity index (χ1) is 9.90. The van der Waals surface area contributed by atoms with Gasteiger partial charge >= 0.3 is 5.97 Å². The van der Waals surface area contributed by atoms with Crippen LogP contribution in [0.25, 0.3) is 0 Å². The van der Waals surface area contributed by atoms with Crippen LogP contribution in [-0.2, 0) is 16.0 Å². The Morgan fingerprint density at radius 3 is 2.38 bits per heavy atom. The number of hydrogen-bond donors (Lipinski definition) is 3. The average Bonchev–Trinajstić information content (AvgIpc) is 2.43. The summed E-state index contributed by atoms with van der Waals surface area (Å²) in [5, 5.41) is 14.2. The lowest BCUT2D eigenvalue weighted by atomic mass is 10.0. The number of aromatic carboxylic acids is 1. The van der Waals surface area contributed by atoms with Gasteiger partial charge in [0.2, 0.25) is 11.8 Å². The number of nitrogens with one attached hydrogen (secondary N) is 2. The van der Waals surface area contributed by atoms with Gasteiger partial charge in [-0.25, -0.2) is 4.79 Å². The Bertz CT molecular complexity index is 526. The number of carbonyl (C=O) groups is 3. The van der Waals surface area contributed by atoms with Crippen LogP contribution in [0, 0.1) is 5.92 Å². The predicted molar refractivity (Wildman–Crippen MR) is 78.0 cm³/mol. The minimum absolute atomic E-state index is 0.0695. The highest BCUT2D eigenvalue weighted by Crippen LogP contribution is 2.09. The topological polar surface area (TPSA) is 95.5 Å². The number of carboxylic acids is 1. The van der Waals surface area contributed by atoms with Gasteiger partial charge in [0.15, 0.2) is 0 Å². The molecule has 0 heterocycles. The maximum atomic E-state index is 11.7. The highest BCUT2D eigenvalue weighted by Gasteiger charge is 2.13. The zero-order valence-electron chi connectivity index (χ0n) is 12.2. The SMILES string of the molecule is CC(C)CNC(=O)CNC(=O)Cc1ccccc1C(=O)O. The van der Waals surface area contributed by atoms with Gasteiger partial charge in [-0.15, -0.1) is 0 Å². The van der Waals surface area contributed by atoms with Gasteiger partial charge in [-0.1, -0.05) is 32.0 Å². The molecule has 0 bridgehead atoms. The van der Waals surface area contributed by atoms with Crippen molar-refractivity contribution >= 4 is 17.8 Å². The Morgan fingerprint density at radius 2 is 1.76 bits per heavy atom. The average molecular weight is 292 g/mol. The van der Waals surface area contributed by atoms with Crippen molar-refractivity contribution < 1.29 is 19.5 Å². The van der Waals surface area contributed by atoms with Crippen molar-refractivity contribution in [2.45, 2.75) is 20.3 Å². The molecule has 0 fully saturated rings. The fourth-order valence-corrected chi connectivity index (χ4v) is 1.68. The van der Waals surface area contributed by atoms with E-state index in [1.807, 2.05) is 13.8 Å². The molecule has 0 unspecified atom stereocenters. The van der Waals surface area contributed by atoms with E-state index in [0.717, 1.165) is 0 Å². The van der Waals surface area contributed by atoms with Gasteiger partial charge in [-0.3, -0.25) is 9.59 Å². The summed E-state index contributed by atoms with van der Waals surface area (Å²) in [6.07, 6.45) is -0.0695. The largest absolute Gasteiger partial charge is 0.478 e. The number of benzene rings is 1. The van der Waals surface area contributed by atoms with Crippen LogP contribution in [0.3, 0.4) is 0 Å². The lowest BCUT2D eigenvalue weighted by molar-refractivity contribution is -0.125. The summed E-state index contributed by atoms with van der Waals surface area (Å²) in [6.45, 7) is 4.39. The highest BCUT2D eigenvalue weighted by atomic mass is 16.4. The molecule has 1 aromatic rings. The molecular formula is C15H20N2O4. The second kappa shape index (κ2) is 8.04. The Hall–Kier alpha value is -2.37. The van der Waals surface area contributed by atoms with Crippen LogP contribution in [0.4, 0.5) is 0 Å². The molecule has 0 saturated heterocycles. The summed E-state index contributed by atoms with van der Waals surface area (Å²) in [5.74, 6) is -1.38. The predicted octanol–water partition coefficient (Wildman–Crippen LogP) is 0.816. The normalized spacial score (nSPS) is 10.2. The minimum atomic E-state index is -1.08. The maximum absolute atomic E-state index is 11.7. The summed E-state index contributed by atoms with van der Waals surface area (Å²) >= 11 is 0. The smallest absolute Gasteiger partial charge is 0.335 e. The van der Waals surface area contributed by atoms with Crippen molar-refractivity contribution in [3.8, 4) is 0 Å². The Labute approximate surface area is 123 Å². The van der Waals surface area contributed by atoms with Crippen LogP contribution in [-0.4, -0.2) is 36.0 Å². The van der Waals surface area contributed by atoms with Crippen LogP contribution in [0.2, 0.25) is 0 Å². The third-order valence-electron chi connectivity index (χ3n) is 2.75. The van der Waals surface area contributed by atoms with Crippen molar-refractivity contribution in [3.05, 3.63) is 35.4 Å². The molecule has 0 aliphatic heterocycles. The van der Waals surface area contributed by atoms with Crippen molar-refractivity contribution in [2.75, 3.05) is 13.1 Å². The second-order valence-corrected chi connectivity index (χ2v) is 5.11. The van der Waals surface area contributed by atoms with E-state index in [1.54, 1.807) is 18.2 Å². The van der Waals surface area contributed by atoms with Crippen molar-refractivity contribution in [2.24, 2.45) is 5.92 Å². The van der Waals surface area contributed by atoms with E-state index in [2.05, 4.69) is 10.6 Å². The van der Waals surface area contributed by atoms with Gasteiger partial charge < -0.3 is 15.7 Å². The molecule has 114 valence electrons. The monoisotopic (exact) mass is 292 g/mol. The first kappa shape index (κ1) is 16.7. The fourth-order valence-electron chi connectivity index (χ4n) is 1.68. The van der Waals surface area contributed by atoms with Gasteiger partial charge in [0, 0.05) is 6.54 Å². The van der Waals surface area contributed by atoms with Gasteiger partial charge in [0.05, 0.1) is 18.5 Å². The number of hydrogen-bond acceptors (Lipinski definition) is 3. The Kier molecular flexibility index (Phi) is 6.39. The quantitative estimate of drug-likeness (QED) is 0.693. The lowest BCUT2D eigenvalue weighted by Gasteiger charge is -2.09. The van der Waals surface area contributed by atoms with E-state index in [-0.39, 0.29) is 30.3 Å². The molecule has 0 aliphatic carbocycles. The summed E-state index contributed by atoms with van der Waals surface area (Å²) in [7, 11) is 0. The van der Waals surface area contributed by atoms with Crippen molar-refractivity contribution in [1.82, 2.24) is 10.6 Å². The second-order valence-electron chi connectivity index (χ2n) is 5.11. The molecule has 0 spiro atoms. The molecule has 0 aliphatic rings. The molecule has 0 saturated carbocycles. The van der Waals surface area contributed by atoms with Crippen molar-refractivity contribution in [3.63, 3.8) is 0 Å². The van der Waals surface area contributed by atoms with Crippen LogP contribution in [0.1, 0.15) is 29.8 Å². The van der Waals surface area contributed by atoms with Crippen molar-refractivity contribution in [1.29, 1.82) is 0 Å². The molecule has 3 N–H and O–H groups in total. The third-order valence-corrected chi connectivity index (χ3v) is 2.75. The van der Waals surface area contributed by atoms with E-state index >= 15 is 0 Å². The molecule has 2 amide bonds. The number of carbonyl (C=O) groups excluding carboxylic acids is 2. The van der Waals surface area contributed by atoms with Crippen LogP contribution in [0.15, 0.2) is 24.3 Å². The minimum Gasteiger partial charge on any atom is -0.478 e. The molecule has 0 aromatic heterocycles. The molecule has 21 heavy (non-hydrogen) atoms. The summed E-state index contributed by atoms with van der Waals surface area (Å²) in [4.78, 5) is 34.2. The van der Waals surface area contributed by atoms with E-state index in [0.29, 0.717) is 18.0 Å².